The molecule has 1 saturated heterocycles. The number of halogens is 2. The van der Waals surface area contributed by atoms with E-state index in [9.17, 15) is 0 Å². The molecule has 2 aliphatic rings. The summed E-state index contributed by atoms with van der Waals surface area (Å²) in [6.07, 6.45) is 9.48. The Hall–Kier alpha value is -0.280. The van der Waals surface area contributed by atoms with Crippen molar-refractivity contribution in [3.63, 3.8) is 0 Å². The Bertz CT molecular complexity index is 534. The lowest BCUT2D eigenvalue weighted by molar-refractivity contribution is -0.183. The standard InChI is InChI=1S/C20H28Cl2O2/c1-15(6-9-19-23-12-5-13-24-19)20(10-3-2-4-11-20)16-7-8-17(21)18(22)14-16/h7-8,14-15,19H,2-6,9-13H2,1H3. The van der Waals surface area contributed by atoms with E-state index in [-0.39, 0.29) is 11.7 Å². The van der Waals surface area contributed by atoms with Crippen LogP contribution in [0.15, 0.2) is 18.2 Å². The number of hydrogen-bond donors (Lipinski definition) is 0. The maximum absolute atomic E-state index is 6.33. The first-order valence-corrected chi connectivity index (χ1v) is 10.1. The largest absolute Gasteiger partial charge is 0.353 e. The van der Waals surface area contributed by atoms with E-state index in [1.54, 1.807) is 0 Å². The fourth-order valence-electron chi connectivity index (χ4n) is 4.42. The molecule has 1 aliphatic carbocycles. The highest BCUT2D eigenvalue weighted by atomic mass is 35.5. The lowest BCUT2D eigenvalue weighted by Gasteiger charge is -2.43. The van der Waals surface area contributed by atoms with Gasteiger partial charge in [0.25, 0.3) is 0 Å². The zero-order valence-corrected chi connectivity index (χ0v) is 16.0. The predicted octanol–water partition coefficient (Wildman–Crippen LogP) is 6.37. The van der Waals surface area contributed by atoms with Crippen molar-refractivity contribution in [2.24, 2.45) is 5.92 Å². The molecule has 1 atom stereocenters. The molecule has 0 N–H and O–H groups in total. The Labute approximate surface area is 155 Å². The van der Waals surface area contributed by atoms with Crippen LogP contribution < -0.4 is 0 Å². The fourth-order valence-corrected chi connectivity index (χ4v) is 4.72. The molecule has 1 saturated carbocycles. The van der Waals surface area contributed by atoms with E-state index in [1.807, 2.05) is 6.07 Å². The quantitative estimate of drug-likeness (QED) is 0.598. The average Bonchev–Trinajstić information content (AvgIpc) is 2.63. The van der Waals surface area contributed by atoms with Crippen LogP contribution in [-0.4, -0.2) is 19.5 Å². The van der Waals surface area contributed by atoms with Gasteiger partial charge in [0.05, 0.1) is 23.3 Å². The molecule has 4 heteroatoms. The van der Waals surface area contributed by atoms with Crippen LogP contribution in [0.25, 0.3) is 0 Å². The molecule has 0 aromatic heterocycles. The van der Waals surface area contributed by atoms with E-state index in [0.29, 0.717) is 16.0 Å². The average molecular weight is 371 g/mol. The van der Waals surface area contributed by atoms with Crippen LogP contribution in [0.5, 0.6) is 0 Å². The Morgan fingerprint density at radius 3 is 2.42 bits per heavy atom. The SMILES string of the molecule is CC(CCC1OCCCO1)C1(c2ccc(Cl)c(Cl)c2)CCCCC1. The van der Waals surface area contributed by atoms with E-state index < -0.39 is 0 Å². The second kappa shape index (κ2) is 8.40. The lowest BCUT2D eigenvalue weighted by atomic mass is 9.61. The Morgan fingerprint density at radius 1 is 1.04 bits per heavy atom. The molecule has 3 rings (SSSR count). The molecule has 1 aromatic carbocycles. The first-order valence-electron chi connectivity index (χ1n) is 9.30. The third kappa shape index (κ3) is 4.09. The molecule has 2 nitrogen and oxygen atoms in total. The molecule has 1 heterocycles. The summed E-state index contributed by atoms with van der Waals surface area (Å²) >= 11 is 12.5. The van der Waals surface area contributed by atoms with Gasteiger partial charge in [-0.1, -0.05) is 55.5 Å². The van der Waals surface area contributed by atoms with Gasteiger partial charge in [-0.3, -0.25) is 0 Å². The molecule has 1 aliphatic heterocycles. The molecule has 0 amide bonds. The van der Waals surface area contributed by atoms with Gasteiger partial charge in [0.1, 0.15) is 0 Å². The number of rotatable bonds is 5. The van der Waals surface area contributed by atoms with E-state index in [1.165, 1.54) is 37.7 Å². The van der Waals surface area contributed by atoms with Crippen LogP contribution in [0.4, 0.5) is 0 Å². The maximum Gasteiger partial charge on any atom is 0.157 e. The second-order valence-corrected chi connectivity index (χ2v) is 8.16. The molecular formula is C20H28Cl2O2. The highest BCUT2D eigenvalue weighted by molar-refractivity contribution is 6.42. The predicted molar refractivity (Wildman–Crippen MR) is 99.9 cm³/mol. The summed E-state index contributed by atoms with van der Waals surface area (Å²) in [6, 6.07) is 6.23. The fraction of sp³-hybridized carbons (Fsp3) is 0.700. The van der Waals surface area contributed by atoms with Crippen molar-refractivity contribution in [3.05, 3.63) is 33.8 Å². The highest BCUT2D eigenvalue weighted by Crippen LogP contribution is 2.48. The van der Waals surface area contributed by atoms with Crippen LogP contribution >= 0.6 is 23.2 Å². The van der Waals surface area contributed by atoms with Crippen molar-refractivity contribution >= 4 is 23.2 Å². The minimum Gasteiger partial charge on any atom is -0.353 e. The monoisotopic (exact) mass is 370 g/mol. The van der Waals surface area contributed by atoms with Gasteiger partial charge in [-0.15, -0.1) is 0 Å². The topological polar surface area (TPSA) is 18.5 Å². The van der Waals surface area contributed by atoms with Crippen LogP contribution in [0.2, 0.25) is 10.0 Å². The highest BCUT2D eigenvalue weighted by Gasteiger charge is 2.39. The van der Waals surface area contributed by atoms with Crippen LogP contribution in [0.3, 0.4) is 0 Å². The molecular weight excluding hydrogens is 343 g/mol. The zero-order chi connectivity index (χ0) is 17.0. The summed E-state index contributed by atoms with van der Waals surface area (Å²) in [5.41, 5.74) is 1.57. The lowest BCUT2D eigenvalue weighted by Crippen LogP contribution is -2.37. The second-order valence-electron chi connectivity index (χ2n) is 7.35. The number of hydrogen-bond acceptors (Lipinski definition) is 2. The van der Waals surface area contributed by atoms with Crippen molar-refractivity contribution in [2.45, 2.75) is 70.0 Å². The minimum absolute atomic E-state index is 0.0179. The third-order valence-electron chi connectivity index (χ3n) is 5.92. The minimum atomic E-state index is -0.0179. The summed E-state index contributed by atoms with van der Waals surface area (Å²) in [5, 5.41) is 1.31. The van der Waals surface area contributed by atoms with Gasteiger partial charge < -0.3 is 9.47 Å². The molecule has 134 valence electrons. The van der Waals surface area contributed by atoms with Gasteiger partial charge in [-0.05, 0) is 61.1 Å². The molecule has 1 aromatic rings. The summed E-state index contributed by atoms with van der Waals surface area (Å²) in [5.74, 6) is 0.573. The summed E-state index contributed by atoms with van der Waals surface area (Å²) < 4.78 is 11.5. The van der Waals surface area contributed by atoms with Gasteiger partial charge >= 0.3 is 0 Å². The maximum atomic E-state index is 6.33. The normalized spacial score (nSPS) is 23.1. The smallest absolute Gasteiger partial charge is 0.157 e. The van der Waals surface area contributed by atoms with Crippen molar-refractivity contribution in [2.75, 3.05) is 13.2 Å². The van der Waals surface area contributed by atoms with Crippen molar-refractivity contribution in [3.8, 4) is 0 Å². The molecule has 0 bridgehead atoms. The van der Waals surface area contributed by atoms with Crippen molar-refractivity contribution in [1.29, 1.82) is 0 Å². The van der Waals surface area contributed by atoms with Gasteiger partial charge in [0, 0.05) is 0 Å². The molecule has 1 unspecified atom stereocenters. The number of benzene rings is 1. The van der Waals surface area contributed by atoms with Gasteiger partial charge in [0.15, 0.2) is 6.29 Å². The zero-order valence-electron chi connectivity index (χ0n) is 14.5. The van der Waals surface area contributed by atoms with E-state index in [2.05, 4.69) is 19.1 Å². The first kappa shape index (κ1) is 18.5. The molecule has 0 spiro atoms. The van der Waals surface area contributed by atoms with Crippen LogP contribution in [-0.2, 0) is 14.9 Å². The summed E-state index contributed by atoms with van der Waals surface area (Å²) in [7, 11) is 0. The third-order valence-corrected chi connectivity index (χ3v) is 6.65. The van der Waals surface area contributed by atoms with Gasteiger partial charge in [0.2, 0.25) is 0 Å². The Kier molecular flexibility index (Phi) is 6.48. The molecule has 0 radical (unpaired) electrons. The van der Waals surface area contributed by atoms with Crippen LogP contribution in [0.1, 0.15) is 63.9 Å². The summed E-state index contributed by atoms with van der Waals surface area (Å²) in [6.45, 7) is 4.05. The molecule has 2 fully saturated rings. The van der Waals surface area contributed by atoms with Crippen LogP contribution in [0, 0.1) is 5.92 Å². The van der Waals surface area contributed by atoms with Crippen molar-refractivity contribution < 1.29 is 9.47 Å². The first-order chi connectivity index (χ1) is 11.6. The Morgan fingerprint density at radius 2 is 1.75 bits per heavy atom. The summed E-state index contributed by atoms with van der Waals surface area (Å²) in [4.78, 5) is 0. The van der Waals surface area contributed by atoms with E-state index >= 15 is 0 Å². The van der Waals surface area contributed by atoms with E-state index in [4.69, 9.17) is 32.7 Å². The van der Waals surface area contributed by atoms with Gasteiger partial charge in [-0.2, -0.15) is 0 Å². The van der Waals surface area contributed by atoms with E-state index in [0.717, 1.165) is 32.5 Å². The molecule has 24 heavy (non-hydrogen) atoms. The number of ether oxygens (including phenoxy) is 2. The van der Waals surface area contributed by atoms with Crippen molar-refractivity contribution in [1.82, 2.24) is 0 Å². The Balaban J connectivity index is 1.75. The van der Waals surface area contributed by atoms with Gasteiger partial charge in [-0.25, -0.2) is 0 Å².